The first-order valence-electron chi connectivity index (χ1n) is 13.7. The molecule has 2 heterocycles. The summed E-state index contributed by atoms with van der Waals surface area (Å²) in [4.78, 5) is 40.3. The van der Waals surface area contributed by atoms with Crippen LogP contribution in [0.3, 0.4) is 0 Å². The molecule has 0 radical (unpaired) electrons. The molecule has 0 aromatic heterocycles. The van der Waals surface area contributed by atoms with Gasteiger partial charge in [-0.2, -0.15) is 0 Å². The second-order valence-electron chi connectivity index (χ2n) is 10.3. The average molecular weight is 506 g/mol. The van der Waals surface area contributed by atoms with Crippen molar-refractivity contribution in [2.75, 3.05) is 25.0 Å². The van der Waals surface area contributed by atoms with Crippen molar-refractivity contribution in [2.45, 2.75) is 64.8 Å². The summed E-state index contributed by atoms with van der Waals surface area (Å²) in [6.45, 7) is 6.66. The van der Waals surface area contributed by atoms with E-state index in [0.29, 0.717) is 17.6 Å². The fourth-order valence-electron chi connectivity index (χ4n) is 6.16. The van der Waals surface area contributed by atoms with Crippen molar-refractivity contribution in [1.29, 1.82) is 0 Å². The lowest BCUT2D eigenvalue weighted by molar-refractivity contribution is -0.144. The van der Waals surface area contributed by atoms with Crippen molar-refractivity contribution < 1.29 is 19.5 Å². The van der Waals surface area contributed by atoms with Crippen molar-refractivity contribution in [2.24, 2.45) is 11.3 Å². The van der Waals surface area contributed by atoms with Crippen LogP contribution in [0.5, 0.6) is 0 Å². The predicted octanol–water partition coefficient (Wildman–Crippen LogP) is 5.04. The standard InChI is InChI=1S/C28H33N3O4.C2H6/c32-25(30-22-7-5-21(6-8-22)27(34)35)24-23-4-2-1-3-19(23)11-18-31(24)26(33)20-9-12-28(13-10-20)14-16-29-17-15-28;1-2/h1-8,20,24,29H,9-18H2,(H,30,32)(H,34,35);1-2H3. The molecule has 1 spiro atoms. The Labute approximate surface area is 219 Å². The quantitative estimate of drug-likeness (QED) is 0.541. The van der Waals surface area contributed by atoms with Crippen LogP contribution in [-0.4, -0.2) is 47.4 Å². The molecule has 37 heavy (non-hydrogen) atoms. The summed E-state index contributed by atoms with van der Waals surface area (Å²) in [6, 6.07) is 13.3. The lowest BCUT2D eigenvalue weighted by atomic mass is 9.65. The van der Waals surface area contributed by atoms with Crippen molar-refractivity contribution in [3.63, 3.8) is 0 Å². The van der Waals surface area contributed by atoms with Gasteiger partial charge in [0, 0.05) is 18.2 Å². The Kier molecular flexibility index (Phi) is 8.64. The first kappa shape index (κ1) is 26.9. The molecular weight excluding hydrogens is 466 g/mol. The van der Waals surface area contributed by atoms with Gasteiger partial charge < -0.3 is 20.6 Å². The summed E-state index contributed by atoms with van der Waals surface area (Å²) in [6.07, 6.45) is 7.07. The number of piperidine rings is 1. The van der Waals surface area contributed by atoms with E-state index in [1.165, 1.54) is 25.0 Å². The van der Waals surface area contributed by atoms with Gasteiger partial charge in [-0.15, -0.1) is 0 Å². The molecule has 2 fully saturated rings. The molecule has 3 N–H and O–H groups in total. The van der Waals surface area contributed by atoms with Crippen molar-refractivity contribution in [1.82, 2.24) is 10.2 Å². The van der Waals surface area contributed by atoms with E-state index in [2.05, 4.69) is 10.6 Å². The molecule has 1 aliphatic carbocycles. The van der Waals surface area contributed by atoms with E-state index in [-0.39, 0.29) is 23.3 Å². The number of anilines is 1. The number of fused-ring (bicyclic) bond motifs is 1. The van der Waals surface area contributed by atoms with Gasteiger partial charge in [0.05, 0.1) is 5.56 Å². The van der Waals surface area contributed by atoms with Gasteiger partial charge in [-0.25, -0.2) is 4.79 Å². The molecule has 1 atom stereocenters. The lowest BCUT2D eigenvalue weighted by Gasteiger charge is -2.44. The Morgan fingerprint density at radius 2 is 1.59 bits per heavy atom. The van der Waals surface area contributed by atoms with Crippen LogP contribution >= 0.6 is 0 Å². The van der Waals surface area contributed by atoms with Gasteiger partial charge >= 0.3 is 5.97 Å². The highest BCUT2D eigenvalue weighted by Gasteiger charge is 2.42. The third-order valence-corrected chi connectivity index (χ3v) is 8.27. The molecular formula is C30H39N3O4. The number of amides is 2. The highest BCUT2D eigenvalue weighted by molar-refractivity contribution is 5.99. The Balaban J connectivity index is 0.00000156. The minimum atomic E-state index is -1.01. The Morgan fingerprint density at radius 3 is 2.24 bits per heavy atom. The van der Waals surface area contributed by atoms with Crippen LogP contribution in [0.4, 0.5) is 5.69 Å². The first-order valence-corrected chi connectivity index (χ1v) is 13.7. The topological polar surface area (TPSA) is 98.7 Å². The van der Waals surface area contributed by atoms with E-state index < -0.39 is 12.0 Å². The molecule has 1 unspecified atom stereocenters. The SMILES string of the molecule is CC.O=C(O)c1ccc(NC(=O)C2c3ccccc3CCN2C(=O)C2CCC3(CCNCC3)CC2)cc1. The van der Waals surface area contributed by atoms with Crippen LogP contribution in [0.15, 0.2) is 48.5 Å². The molecule has 0 bridgehead atoms. The second-order valence-corrected chi connectivity index (χ2v) is 10.3. The number of hydrogen-bond acceptors (Lipinski definition) is 4. The number of carboxylic acid groups (broad SMARTS) is 1. The van der Waals surface area contributed by atoms with E-state index in [4.69, 9.17) is 5.11 Å². The maximum atomic E-state index is 13.8. The normalized spacial score (nSPS) is 20.8. The summed E-state index contributed by atoms with van der Waals surface area (Å²) in [7, 11) is 0. The van der Waals surface area contributed by atoms with Crippen LogP contribution in [0.1, 0.15) is 79.9 Å². The van der Waals surface area contributed by atoms with Gasteiger partial charge in [-0.05, 0) is 98.8 Å². The third-order valence-electron chi connectivity index (χ3n) is 8.27. The maximum Gasteiger partial charge on any atom is 0.335 e. The Bertz CT molecular complexity index is 1100. The molecule has 5 rings (SSSR count). The number of benzene rings is 2. The number of hydrogen-bond donors (Lipinski definition) is 3. The van der Waals surface area contributed by atoms with Crippen molar-refractivity contribution in [3.05, 3.63) is 65.2 Å². The average Bonchev–Trinajstić information content (AvgIpc) is 2.94. The van der Waals surface area contributed by atoms with Crippen LogP contribution in [0.25, 0.3) is 0 Å². The molecule has 7 heteroatoms. The van der Waals surface area contributed by atoms with E-state index in [1.54, 1.807) is 17.0 Å². The Hall–Kier alpha value is -3.19. The number of carbonyl (C=O) groups excluding carboxylic acids is 2. The second kappa shape index (κ2) is 11.9. The van der Waals surface area contributed by atoms with Crippen LogP contribution in [0, 0.1) is 11.3 Å². The smallest absolute Gasteiger partial charge is 0.335 e. The summed E-state index contributed by atoms with van der Waals surface area (Å²) < 4.78 is 0. The zero-order valence-corrected chi connectivity index (χ0v) is 22.0. The number of aromatic carboxylic acids is 1. The summed E-state index contributed by atoms with van der Waals surface area (Å²) >= 11 is 0. The molecule has 2 aromatic rings. The maximum absolute atomic E-state index is 13.8. The molecule has 2 aliphatic heterocycles. The fourth-order valence-corrected chi connectivity index (χ4v) is 6.16. The van der Waals surface area contributed by atoms with Crippen molar-refractivity contribution >= 4 is 23.5 Å². The molecule has 198 valence electrons. The van der Waals surface area contributed by atoms with Crippen molar-refractivity contribution in [3.8, 4) is 0 Å². The summed E-state index contributed by atoms with van der Waals surface area (Å²) in [5, 5.41) is 15.5. The van der Waals surface area contributed by atoms with Gasteiger partial charge in [0.2, 0.25) is 5.91 Å². The lowest BCUT2D eigenvalue weighted by Crippen LogP contribution is -2.49. The van der Waals surface area contributed by atoms with Gasteiger partial charge in [-0.1, -0.05) is 38.1 Å². The number of carbonyl (C=O) groups is 3. The van der Waals surface area contributed by atoms with E-state index in [9.17, 15) is 14.4 Å². The monoisotopic (exact) mass is 505 g/mol. The van der Waals surface area contributed by atoms with Crippen LogP contribution in [-0.2, 0) is 16.0 Å². The Morgan fingerprint density at radius 1 is 0.946 bits per heavy atom. The van der Waals surface area contributed by atoms with Gasteiger partial charge in [0.25, 0.3) is 5.91 Å². The molecule has 3 aliphatic rings. The van der Waals surface area contributed by atoms with Crippen LogP contribution < -0.4 is 10.6 Å². The summed E-state index contributed by atoms with van der Waals surface area (Å²) in [5.74, 6) is -1.23. The summed E-state index contributed by atoms with van der Waals surface area (Å²) in [5.41, 5.74) is 3.02. The zero-order chi connectivity index (χ0) is 26.4. The molecule has 2 amide bonds. The number of nitrogens with one attached hydrogen (secondary N) is 2. The number of rotatable bonds is 4. The molecule has 1 saturated heterocycles. The zero-order valence-electron chi connectivity index (χ0n) is 22.0. The van der Waals surface area contributed by atoms with Gasteiger partial charge in [0.1, 0.15) is 6.04 Å². The number of carboxylic acids is 1. The third kappa shape index (κ3) is 5.87. The van der Waals surface area contributed by atoms with E-state index in [1.807, 2.05) is 38.1 Å². The van der Waals surface area contributed by atoms with E-state index >= 15 is 0 Å². The van der Waals surface area contributed by atoms with Gasteiger partial charge in [0.15, 0.2) is 0 Å². The fraction of sp³-hybridized carbons (Fsp3) is 0.500. The highest BCUT2D eigenvalue weighted by Crippen LogP contribution is 2.46. The minimum Gasteiger partial charge on any atom is -0.478 e. The largest absolute Gasteiger partial charge is 0.478 e. The predicted molar refractivity (Wildman–Crippen MR) is 144 cm³/mol. The molecule has 2 aromatic carbocycles. The highest BCUT2D eigenvalue weighted by atomic mass is 16.4. The molecule has 7 nitrogen and oxygen atoms in total. The first-order chi connectivity index (χ1) is 18.0. The van der Waals surface area contributed by atoms with Crippen LogP contribution in [0.2, 0.25) is 0 Å². The van der Waals surface area contributed by atoms with Gasteiger partial charge in [-0.3, -0.25) is 9.59 Å². The molecule has 1 saturated carbocycles. The minimum absolute atomic E-state index is 0.0362. The number of nitrogens with zero attached hydrogens (tertiary/aromatic N) is 1. The van der Waals surface area contributed by atoms with E-state index in [0.717, 1.165) is 56.3 Å².